The molecule has 0 aliphatic rings. The van der Waals surface area contributed by atoms with Crippen LogP contribution in [-0.4, -0.2) is 28.5 Å². The lowest BCUT2D eigenvalue weighted by Gasteiger charge is -2.03. The van der Waals surface area contributed by atoms with Crippen molar-refractivity contribution in [2.24, 2.45) is 0 Å². The number of carbonyl (C=O) groups excluding carboxylic acids is 1. The highest BCUT2D eigenvalue weighted by molar-refractivity contribution is 5.97. The lowest BCUT2D eigenvalue weighted by Crippen LogP contribution is -2.27. The van der Waals surface area contributed by atoms with Gasteiger partial charge in [0.15, 0.2) is 0 Å². The van der Waals surface area contributed by atoms with Crippen LogP contribution in [0.2, 0.25) is 0 Å². The summed E-state index contributed by atoms with van der Waals surface area (Å²) in [7, 11) is 0. The van der Waals surface area contributed by atoms with Gasteiger partial charge in [-0.3, -0.25) is 9.59 Å². The van der Waals surface area contributed by atoms with E-state index < -0.39 is 11.9 Å². The fourth-order valence-electron chi connectivity index (χ4n) is 1.12. The minimum atomic E-state index is -1.02. The van der Waals surface area contributed by atoms with E-state index >= 15 is 0 Å². The van der Waals surface area contributed by atoms with Crippen LogP contribution in [0.1, 0.15) is 6.42 Å². The van der Waals surface area contributed by atoms with Gasteiger partial charge in [-0.1, -0.05) is 6.07 Å². The number of nitrogens with zero attached hydrogens (tertiary/aromatic N) is 2. The van der Waals surface area contributed by atoms with Crippen molar-refractivity contribution in [3.63, 3.8) is 0 Å². The van der Waals surface area contributed by atoms with Crippen LogP contribution >= 0.6 is 0 Å². The number of nitrogens with one attached hydrogen (secondary N) is 2. The molecule has 0 radical (unpaired) electrons. The summed E-state index contributed by atoms with van der Waals surface area (Å²) in [6.07, 6.45) is 2.59. The van der Waals surface area contributed by atoms with Gasteiger partial charge in [-0.25, -0.2) is 4.98 Å². The van der Waals surface area contributed by atoms with Crippen LogP contribution in [0.5, 0.6) is 0 Å². The third-order valence-electron chi connectivity index (χ3n) is 2.02. The zero-order chi connectivity index (χ0) is 14.1. The van der Waals surface area contributed by atoms with Gasteiger partial charge in [0.2, 0.25) is 0 Å². The zero-order valence-electron chi connectivity index (χ0n) is 9.96. The van der Waals surface area contributed by atoms with Gasteiger partial charge in [-0.15, -0.1) is 0 Å². The van der Waals surface area contributed by atoms with E-state index in [1.165, 1.54) is 6.20 Å². The summed E-state index contributed by atoms with van der Waals surface area (Å²) in [5, 5.41) is 22.3. The Kier molecular flexibility index (Phi) is 5.56. The van der Waals surface area contributed by atoms with Crippen molar-refractivity contribution < 1.29 is 14.7 Å². The fraction of sp³-hybridized carbons (Fsp3) is 0.167. The molecule has 7 heteroatoms. The molecule has 1 aromatic heterocycles. The second-order valence-corrected chi connectivity index (χ2v) is 3.43. The molecule has 0 saturated heterocycles. The van der Waals surface area contributed by atoms with Crippen LogP contribution in [0.3, 0.4) is 0 Å². The number of hydrogen-bond donors (Lipinski definition) is 3. The van der Waals surface area contributed by atoms with E-state index in [4.69, 9.17) is 10.4 Å². The van der Waals surface area contributed by atoms with Crippen LogP contribution in [0.4, 0.5) is 5.82 Å². The molecule has 1 amide bonds. The maximum absolute atomic E-state index is 11.5. The highest BCUT2D eigenvalue weighted by Gasteiger charge is 2.08. The molecule has 0 unspecified atom stereocenters. The van der Waals surface area contributed by atoms with Gasteiger partial charge in [0.1, 0.15) is 17.5 Å². The first-order chi connectivity index (χ1) is 9.13. The molecule has 3 N–H and O–H groups in total. The molecule has 7 nitrogen and oxygen atoms in total. The minimum absolute atomic E-state index is 0.0310. The smallest absolute Gasteiger partial charge is 0.305 e. The van der Waals surface area contributed by atoms with Crippen LogP contribution < -0.4 is 10.6 Å². The molecule has 1 rings (SSSR count). The average Bonchev–Trinajstić information content (AvgIpc) is 2.40. The number of pyridine rings is 1. The van der Waals surface area contributed by atoms with E-state index in [1.807, 2.05) is 0 Å². The number of carboxylic acids is 1. The number of carboxylic acid groups (broad SMARTS) is 1. The van der Waals surface area contributed by atoms with Gasteiger partial charge in [0, 0.05) is 18.9 Å². The minimum Gasteiger partial charge on any atom is -0.481 e. The molecule has 0 saturated carbocycles. The Hall–Kier alpha value is -2.88. The summed E-state index contributed by atoms with van der Waals surface area (Å²) >= 11 is 0. The summed E-state index contributed by atoms with van der Waals surface area (Å²) in [6, 6.07) is 6.88. The van der Waals surface area contributed by atoms with Crippen molar-refractivity contribution in [2.75, 3.05) is 11.9 Å². The number of anilines is 1. The van der Waals surface area contributed by atoms with Crippen molar-refractivity contribution >= 4 is 17.7 Å². The molecule has 98 valence electrons. The van der Waals surface area contributed by atoms with Crippen LogP contribution in [-0.2, 0) is 9.59 Å². The molecule has 19 heavy (non-hydrogen) atoms. The van der Waals surface area contributed by atoms with Gasteiger partial charge >= 0.3 is 5.97 Å². The molecule has 0 spiro atoms. The lowest BCUT2D eigenvalue weighted by atomic mass is 10.3. The van der Waals surface area contributed by atoms with Crippen molar-refractivity contribution in [3.8, 4) is 6.07 Å². The van der Waals surface area contributed by atoms with Crippen LogP contribution in [0.25, 0.3) is 0 Å². The third-order valence-corrected chi connectivity index (χ3v) is 2.02. The molecule has 0 bridgehead atoms. The van der Waals surface area contributed by atoms with E-state index in [-0.39, 0.29) is 18.5 Å². The van der Waals surface area contributed by atoms with Crippen molar-refractivity contribution in [2.45, 2.75) is 6.42 Å². The number of carbonyl (C=O) groups is 2. The first kappa shape index (κ1) is 14.2. The molecule has 1 aromatic rings. The summed E-state index contributed by atoms with van der Waals surface area (Å²) in [4.78, 5) is 25.8. The Morgan fingerprint density at radius 1 is 1.47 bits per heavy atom. The molecule has 0 aromatic carbocycles. The first-order valence-electron chi connectivity index (χ1n) is 5.41. The van der Waals surface area contributed by atoms with Crippen molar-refractivity contribution in [1.29, 1.82) is 5.26 Å². The second-order valence-electron chi connectivity index (χ2n) is 3.43. The topological polar surface area (TPSA) is 115 Å². The van der Waals surface area contributed by atoms with Crippen LogP contribution in [0, 0.1) is 11.3 Å². The molecular weight excluding hydrogens is 248 g/mol. The summed E-state index contributed by atoms with van der Waals surface area (Å²) < 4.78 is 0. The van der Waals surface area contributed by atoms with E-state index in [1.54, 1.807) is 30.5 Å². The third kappa shape index (κ3) is 5.32. The predicted octanol–water partition coefficient (Wildman–Crippen LogP) is 0.492. The average molecular weight is 260 g/mol. The number of amides is 1. The standard InChI is InChI=1S/C12H12N4O3/c13-7-9(12(19)15-6-4-11(17)18)8-16-10-3-1-2-5-14-10/h1-3,5,8H,4,6H2,(H,14,16)(H,15,19)(H,17,18)/b9-8-. The van der Waals surface area contributed by atoms with E-state index in [0.717, 1.165) is 0 Å². The highest BCUT2D eigenvalue weighted by atomic mass is 16.4. The summed E-state index contributed by atoms with van der Waals surface area (Å²) in [6.45, 7) is -0.0310. The monoisotopic (exact) mass is 260 g/mol. The Labute approximate surface area is 109 Å². The number of hydrogen-bond acceptors (Lipinski definition) is 5. The molecule has 0 aliphatic heterocycles. The van der Waals surface area contributed by atoms with Gasteiger partial charge in [0.25, 0.3) is 5.91 Å². The normalized spacial score (nSPS) is 10.4. The Bertz CT molecular complexity index is 520. The summed E-state index contributed by atoms with van der Waals surface area (Å²) in [5.74, 6) is -1.16. The van der Waals surface area contributed by atoms with Gasteiger partial charge in [-0.2, -0.15) is 5.26 Å². The molecule has 0 fully saturated rings. The largest absolute Gasteiger partial charge is 0.481 e. The first-order valence-corrected chi connectivity index (χ1v) is 5.41. The number of aliphatic carboxylic acids is 1. The summed E-state index contributed by atoms with van der Waals surface area (Å²) in [5.41, 5.74) is -0.156. The maximum atomic E-state index is 11.5. The number of rotatable bonds is 6. The molecule has 0 aliphatic carbocycles. The Balaban J connectivity index is 2.55. The quantitative estimate of drug-likeness (QED) is 0.506. The SMILES string of the molecule is N#C/C(=C/Nc1ccccn1)C(=O)NCCC(=O)O. The van der Waals surface area contributed by atoms with Gasteiger partial charge in [0.05, 0.1) is 6.42 Å². The molecule has 0 atom stereocenters. The van der Waals surface area contributed by atoms with Crippen molar-refractivity contribution in [3.05, 3.63) is 36.2 Å². The van der Waals surface area contributed by atoms with E-state index in [2.05, 4.69) is 15.6 Å². The van der Waals surface area contributed by atoms with Gasteiger partial charge in [-0.05, 0) is 12.1 Å². The van der Waals surface area contributed by atoms with Crippen molar-refractivity contribution in [1.82, 2.24) is 10.3 Å². The van der Waals surface area contributed by atoms with Gasteiger partial charge < -0.3 is 15.7 Å². The van der Waals surface area contributed by atoms with E-state index in [0.29, 0.717) is 5.82 Å². The number of nitriles is 1. The predicted molar refractivity (Wildman–Crippen MR) is 66.8 cm³/mol. The fourth-order valence-corrected chi connectivity index (χ4v) is 1.12. The molecular formula is C12H12N4O3. The number of aromatic nitrogens is 1. The lowest BCUT2D eigenvalue weighted by molar-refractivity contribution is -0.136. The Morgan fingerprint density at radius 2 is 2.26 bits per heavy atom. The Morgan fingerprint density at radius 3 is 2.84 bits per heavy atom. The van der Waals surface area contributed by atoms with Crippen LogP contribution in [0.15, 0.2) is 36.2 Å². The maximum Gasteiger partial charge on any atom is 0.305 e. The molecule has 1 heterocycles. The highest BCUT2D eigenvalue weighted by Crippen LogP contribution is 2.01. The zero-order valence-corrected chi connectivity index (χ0v) is 9.96. The van der Waals surface area contributed by atoms with E-state index in [9.17, 15) is 9.59 Å². The second kappa shape index (κ2) is 7.45.